The summed E-state index contributed by atoms with van der Waals surface area (Å²) >= 11 is 1.48. The minimum Gasteiger partial charge on any atom is -0.494 e. The fourth-order valence-electron chi connectivity index (χ4n) is 1.99. The molecule has 2 aromatic carbocycles. The van der Waals surface area contributed by atoms with E-state index >= 15 is 0 Å². The fraction of sp³-hybridized carbons (Fsp3) is 0.133. The summed E-state index contributed by atoms with van der Waals surface area (Å²) in [6.45, 7) is 2.56. The molecule has 1 heterocycles. The van der Waals surface area contributed by atoms with Gasteiger partial charge < -0.3 is 10.5 Å². The third-order valence-electron chi connectivity index (χ3n) is 2.92. The lowest BCUT2D eigenvalue weighted by molar-refractivity contribution is 0.341. The molecule has 0 aliphatic heterocycles. The fourth-order valence-corrected chi connectivity index (χ4v) is 3.02. The van der Waals surface area contributed by atoms with Crippen molar-refractivity contribution in [3.63, 3.8) is 0 Å². The Morgan fingerprint density at radius 2 is 2.10 bits per heavy atom. The van der Waals surface area contributed by atoms with Gasteiger partial charge in [-0.25, -0.2) is 9.37 Å². The number of ether oxygens (including phenoxy) is 1. The van der Waals surface area contributed by atoms with Crippen LogP contribution >= 0.6 is 11.3 Å². The van der Waals surface area contributed by atoms with Crippen LogP contribution in [-0.2, 0) is 0 Å². The highest BCUT2D eigenvalue weighted by molar-refractivity contribution is 7.21. The minimum absolute atomic E-state index is 0.316. The number of benzene rings is 2. The monoisotopic (exact) mass is 288 g/mol. The number of thiazole rings is 1. The van der Waals surface area contributed by atoms with E-state index in [4.69, 9.17) is 10.5 Å². The van der Waals surface area contributed by atoms with E-state index in [2.05, 4.69) is 4.98 Å². The van der Waals surface area contributed by atoms with Crippen LogP contribution in [0.25, 0.3) is 20.8 Å². The number of anilines is 1. The van der Waals surface area contributed by atoms with Crippen LogP contribution in [-0.4, -0.2) is 11.6 Å². The molecule has 1 aromatic heterocycles. The van der Waals surface area contributed by atoms with Gasteiger partial charge in [0.2, 0.25) is 0 Å². The summed E-state index contributed by atoms with van der Waals surface area (Å²) in [5.74, 6) is 0.492. The molecule has 0 radical (unpaired) electrons. The summed E-state index contributed by atoms with van der Waals surface area (Å²) in [7, 11) is 0. The molecule has 0 bridgehead atoms. The molecule has 0 fully saturated rings. The van der Waals surface area contributed by atoms with Gasteiger partial charge in [-0.2, -0.15) is 0 Å². The molecule has 0 saturated carbocycles. The number of nitrogen functional groups attached to an aromatic ring is 1. The van der Waals surface area contributed by atoms with Gasteiger partial charge in [-0.1, -0.05) is 0 Å². The average Bonchev–Trinajstić information content (AvgIpc) is 2.85. The second-order valence-corrected chi connectivity index (χ2v) is 5.34. The zero-order chi connectivity index (χ0) is 14.1. The predicted octanol–water partition coefficient (Wildman–Crippen LogP) is 4.08. The maximum absolute atomic E-state index is 13.4. The molecule has 0 aliphatic carbocycles. The van der Waals surface area contributed by atoms with E-state index in [1.165, 1.54) is 23.5 Å². The Hall–Kier alpha value is -2.14. The van der Waals surface area contributed by atoms with Gasteiger partial charge in [0.05, 0.1) is 16.8 Å². The van der Waals surface area contributed by atoms with Crippen LogP contribution in [0.3, 0.4) is 0 Å². The Labute approximate surface area is 119 Å². The summed E-state index contributed by atoms with van der Waals surface area (Å²) in [6.07, 6.45) is 0. The Morgan fingerprint density at radius 3 is 2.90 bits per heavy atom. The van der Waals surface area contributed by atoms with Gasteiger partial charge in [0.15, 0.2) is 0 Å². The highest BCUT2D eigenvalue weighted by Gasteiger charge is 2.11. The van der Waals surface area contributed by atoms with Gasteiger partial charge in [0.25, 0.3) is 0 Å². The smallest absolute Gasteiger partial charge is 0.126 e. The van der Waals surface area contributed by atoms with Crippen LogP contribution < -0.4 is 10.5 Å². The molecule has 0 saturated heterocycles. The maximum atomic E-state index is 13.4. The molecule has 20 heavy (non-hydrogen) atoms. The molecule has 3 aromatic rings. The SMILES string of the molecule is CCOc1ccc2nc(-c3cc(F)ccc3N)sc2c1. The average molecular weight is 288 g/mol. The van der Waals surface area contributed by atoms with Gasteiger partial charge in [0.1, 0.15) is 16.6 Å². The van der Waals surface area contributed by atoms with Gasteiger partial charge in [0, 0.05) is 11.3 Å². The summed E-state index contributed by atoms with van der Waals surface area (Å²) in [5, 5.41) is 0.714. The standard InChI is InChI=1S/C15H13FN2OS/c1-2-19-10-4-6-13-14(8-10)20-15(18-13)11-7-9(16)3-5-12(11)17/h3-8H,2,17H2,1H3. The lowest BCUT2D eigenvalue weighted by Gasteiger charge is -2.01. The number of fused-ring (bicyclic) bond motifs is 1. The van der Waals surface area contributed by atoms with Crippen molar-refractivity contribution in [2.75, 3.05) is 12.3 Å². The molecule has 3 nitrogen and oxygen atoms in total. The first-order chi connectivity index (χ1) is 9.67. The van der Waals surface area contributed by atoms with Crippen molar-refractivity contribution >= 4 is 27.2 Å². The molecule has 0 amide bonds. The lowest BCUT2D eigenvalue weighted by Crippen LogP contribution is -1.90. The van der Waals surface area contributed by atoms with E-state index in [0.717, 1.165) is 16.0 Å². The lowest BCUT2D eigenvalue weighted by atomic mass is 10.2. The second kappa shape index (κ2) is 5.09. The Bertz CT molecular complexity index is 770. The normalized spacial score (nSPS) is 10.9. The van der Waals surface area contributed by atoms with E-state index in [1.807, 2.05) is 25.1 Å². The maximum Gasteiger partial charge on any atom is 0.126 e. The van der Waals surface area contributed by atoms with Gasteiger partial charge in [-0.3, -0.25) is 0 Å². The van der Waals surface area contributed by atoms with Crippen molar-refractivity contribution in [3.05, 3.63) is 42.2 Å². The van der Waals surface area contributed by atoms with Gasteiger partial charge in [-0.15, -0.1) is 11.3 Å². The first kappa shape index (κ1) is 12.9. The number of nitrogens with two attached hydrogens (primary N) is 1. The third-order valence-corrected chi connectivity index (χ3v) is 3.97. The Balaban J connectivity index is 2.10. The van der Waals surface area contributed by atoms with Crippen molar-refractivity contribution in [1.29, 1.82) is 0 Å². The number of hydrogen-bond acceptors (Lipinski definition) is 4. The van der Waals surface area contributed by atoms with Gasteiger partial charge in [-0.05, 0) is 43.3 Å². The van der Waals surface area contributed by atoms with E-state index < -0.39 is 0 Å². The van der Waals surface area contributed by atoms with Crippen LogP contribution in [0.4, 0.5) is 10.1 Å². The summed E-state index contributed by atoms with van der Waals surface area (Å²) < 4.78 is 19.8. The molecule has 102 valence electrons. The van der Waals surface area contributed by atoms with Gasteiger partial charge >= 0.3 is 0 Å². The molecule has 2 N–H and O–H groups in total. The van der Waals surface area contributed by atoms with Crippen molar-refractivity contribution in [3.8, 4) is 16.3 Å². The Morgan fingerprint density at radius 1 is 1.25 bits per heavy atom. The number of rotatable bonds is 3. The first-order valence-electron chi connectivity index (χ1n) is 6.26. The third kappa shape index (κ3) is 2.32. The molecule has 0 atom stereocenters. The molecular weight excluding hydrogens is 275 g/mol. The topological polar surface area (TPSA) is 48.1 Å². The van der Waals surface area contributed by atoms with E-state index in [1.54, 1.807) is 6.07 Å². The Kier molecular flexibility index (Phi) is 3.28. The second-order valence-electron chi connectivity index (χ2n) is 4.31. The van der Waals surface area contributed by atoms with Crippen LogP contribution in [0.1, 0.15) is 6.92 Å². The highest BCUT2D eigenvalue weighted by atomic mass is 32.1. The summed E-state index contributed by atoms with van der Waals surface area (Å²) in [5.41, 5.74) is 7.91. The molecule has 5 heteroatoms. The summed E-state index contributed by atoms with van der Waals surface area (Å²) in [4.78, 5) is 4.50. The van der Waals surface area contributed by atoms with Crippen molar-refractivity contribution < 1.29 is 9.13 Å². The van der Waals surface area contributed by atoms with E-state index in [9.17, 15) is 4.39 Å². The zero-order valence-electron chi connectivity index (χ0n) is 10.9. The number of nitrogens with zero attached hydrogens (tertiary/aromatic N) is 1. The number of halogens is 1. The minimum atomic E-state index is -0.316. The molecule has 0 unspecified atom stereocenters. The van der Waals surface area contributed by atoms with Crippen molar-refractivity contribution in [2.24, 2.45) is 0 Å². The van der Waals surface area contributed by atoms with Crippen LogP contribution in [0, 0.1) is 5.82 Å². The molecule has 0 aliphatic rings. The van der Waals surface area contributed by atoms with Crippen LogP contribution in [0.2, 0.25) is 0 Å². The van der Waals surface area contributed by atoms with Crippen molar-refractivity contribution in [2.45, 2.75) is 6.92 Å². The van der Waals surface area contributed by atoms with Crippen LogP contribution in [0.15, 0.2) is 36.4 Å². The zero-order valence-corrected chi connectivity index (χ0v) is 11.7. The highest BCUT2D eigenvalue weighted by Crippen LogP contribution is 2.35. The first-order valence-corrected chi connectivity index (χ1v) is 7.08. The molecule has 0 spiro atoms. The van der Waals surface area contributed by atoms with Crippen molar-refractivity contribution in [1.82, 2.24) is 4.98 Å². The van der Waals surface area contributed by atoms with Crippen LogP contribution in [0.5, 0.6) is 5.75 Å². The summed E-state index contributed by atoms with van der Waals surface area (Å²) in [6, 6.07) is 10.0. The quantitative estimate of drug-likeness (QED) is 0.739. The predicted molar refractivity (Wildman–Crippen MR) is 80.6 cm³/mol. The largest absolute Gasteiger partial charge is 0.494 e. The number of aromatic nitrogens is 1. The number of hydrogen-bond donors (Lipinski definition) is 1. The van der Waals surface area contributed by atoms with E-state index in [-0.39, 0.29) is 5.82 Å². The van der Waals surface area contributed by atoms with E-state index in [0.29, 0.717) is 22.9 Å². The molecule has 3 rings (SSSR count). The molecular formula is C15H13FN2OS.